The van der Waals surface area contributed by atoms with Crippen LogP contribution in [0.25, 0.3) is 11.1 Å². The third-order valence-corrected chi connectivity index (χ3v) is 9.14. The van der Waals surface area contributed by atoms with Gasteiger partial charge in [0.25, 0.3) is 0 Å². The molecule has 6 rings (SSSR count). The predicted octanol–water partition coefficient (Wildman–Crippen LogP) is 8.04. The molecule has 0 spiro atoms. The normalized spacial score (nSPS) is 13.0. The first-order valence-corrected chi connectivity index (χ1v) is 16.2. The number of rotatable bonds is 13. The summed E-state index contributed by atoms with van der Waals surface area (Å²) in [5.74, 6) is -1.17. The highest BCUT2D eigenvalue weighted by Crippen LogP contribution is 2.44. The van der Waals surface area contributed by atoms with Crippen molar-refractivity contribution in [3.63, 3.8) is 0 Å². The highest BCUT2D eigenvalue weighted by Gasteiger charge is 2.36. The Hall–Kier alpha value is -5.20. The van der Waals surface area contributed by atoms with Crippen molar-refractivity contribution >= 4 is 12.1 Å². The molecule has 238 valence electrons. The van der Waals surface area contributed by atoms with Gasteiger partial charge in [0.1, 0.15) is 12.6 Å². The van der Waals surface area contributed by atoms with E-state index in [-0.39, 0.29) is 18.9 Å². The minimum atomic E-state index is -1.07. The van der Waals surface area contributed by atoms with Crippen LogP contribution in [-0.4, -0.2) is 36.4 Å². The number of unbranched alkanes of at least 4 members (excludes halogenated alkanes) is 1. The molecule has 0 aromatic heterocycles. The summed E-state index contributed by atoms with van der Waals surface area (Å²) in [6.45, 7) is 2.85. The monoisotopic (exact) mass is 624 g/mol. The van der Waals surface area contributed by atoms with Crippen LogP contribution in [0, 0.1) is 6.92 Å². The van der Waals surface area contributed by atoms with Crippen LogP contribution in [0.5, 0.6) is 0 Å². The Balaban J connectivity index is 1.09. The first-order valence-electron chi connectivity index (χ1n) is 16.2. The van der Waals surface area contributed by atoms with Crippen molar-refractivity contribution in [2.45, 2.75) is 43.7 Å². The van der Waals surface area contributed by atoms with Gasteiger partial charge in [0.2, 0.25) is 0 Å². The molecule has 1 atom stereocenters. The quantitative estimate of drug-likeness (QED) is 0.0912. The summed E-state index contributed by atoms with van der Waals surface area (Å²) in [4.78, 5) is 25.0. The van der Waals surface area contributed by atoms with Gasteiger partial charge in [-0.2, -0.15) is 0 Å². The molecule has 0 aliphatic heterocycles. The molecule has 0 radical (unpaired) electrons. The molecule has 0 heterocycles. The minimum Gasteiger partial charge on any atom is -0.480 e. The van der Waals surface area contributed by atoms with E-state index in [0.29, 0.717) is 19.4 Å². The Morgan fingerprint density at radius 1 is 0.702 bits per heavy atom. The van der Waals surface area contributed by atoms with Crippen molar-refractivity contribution < 1.29 is 19.4 Å². The topological polar surface area (TPSA) is 87.7 Å². The summed E-state index contributed by atoms with van der Waals surface area (Å²) in [6.07, 6.45) is 0.879. The number of amides is 1. The van der Waals surface area contributed by atoms with E-state index in [1.165, 1.54) is 5.56 Å². The van der Waals surface area contributed by atoms with Crippen LogP contribution in [0.2, 0.25) is 0 Å². The number of hydrogen-bond acceptors (Lipinski definition) is 4. The number of carboxylic acid groups (broad SMARTS) is 1. The number of carbonyl (C=O) groups excluding carboxylic acids is 1. The second kappa shape index (κ2) is 14.5. The molecule has 0 bridgehead atoms. The number of nitrogens with one attached hydrogen (secondary N) is 2. The standard InChI is InChI=1S/C41H40N2O4/c1-29-23-25-32(26-24-29)41(30-14-4-2-5-15-30,31-16-6-3-7-17-31)42-27-13-12-22-38(39(44)45)43-40(46)47-28-37-35-20-10-8-18-33(35)34-19-9-11-21-36(34)37/h2-11,14-21,23-26,37-38,42H,12-13,22,27-28H2,1H3,(H,43,46)(H,44,45)/t38-/m1/s1. The van der Waals surface area contributed by atoms with Crippen molar-refractivity contribution in [1.29, 1.82) is 0 Å². The molecular formula is C41H40N2O4. The number of aryl methyl sites for hydroxylation is 1. The second-order valence-corrected chi connectivity index (χ2v) is 12.1. The summed E-state index contributed by atoms with van der Waals surface area (Å²) in [6, 6.07) is 44.6. The molecule has 5 aromatic rings. The van der Waals surface area contributed by atoms with E-state index >= 15 is 0 Å². The maximum Gasteiger partial charge on any atom is 0.407 e. The van der Waals surface area contributed by atoms with E-state index in [0.717, 1.165) is 38.9 Å². The number of fused-ring (bicyclic) bond motifs is 3. The first-order chi connectivity index (χ1) is 23.0. The molecule has 0 unspecified atom stereocenters. The summed E-state index contributed by atoms with van der Waals surface area (Å²) in [7, 11) is 0. The molecule has 1 amide bonds. The van der Waals surface area contributed by atoms with E-state index in [2.05, 4.69) is 115 Å². The van der Waals surface area contributed by atoms with E-state index in [1.54, 1.807) is 0 Å². The number of carbonyl (C=O) groups is 2. The summed E-state index contributed by atoms with van der Waals surface area (Å²) < 4.78 is 5.62. The molecule has 3 N–H and O–H groups in total. The number of aliphatic carboxylic acids is 1. The van der Waals surface area contributed by atoms with Gasteiger partial charge >= 0.3 is 12.1 Å². The molecule has 0 saturated heterocycles. The maximum atomic E-state index is 12.8. The summed E-state index contributed by atoms with van der Waals surface area (Å²) in [5, 5.41) is 16.4. The van der Waals surface area contributed by atoms with E-state index in [1.807, 2.05) is 36.4 Å². The number of carboxylic acids is 1. The molecule has 47 heavy (non-hydrogen) atoms. The van der Waals surface area contributed by atoms with Gasteiger partial charge in [0.15, 0.2) is 0 Å². The van der Waals surface area contributed by atoms with Gasteiger partial charge in [0, 0.05) is 5.92 Å². The van der Waals surface area contributed by atoms with Crippen molar-refractivity contribution in [1.82, 2.24) is 10.6 Å². The highest BCUT2D eigenvalue weighted by atomic mass is 16.5. The zero-order valence-corrected chi connectivity index (χ0v) is 26.6. The van der Waals surface area contributed by atoms with Crippen LogP contribution < -0.4 is 10.6 Å². The van der Waals surface area contributed by atoms with Crippen LogP contribution in [0.3, 0.4) is 0 Å². The molecule has 6 nitrogen and oxygen atoms in total. The smallest absolute Gasteiger partial charge is 0.407 e. The van der Waals surface area contributed by atoms with Gasteiger partial charge in [-0.05, 0) is 71.7 Å². The molecular weight excluding hydrogens is 584 g/mol. The van der Waals surface area contributed by atoms with Crippen molar-refractivity contribution in [2.24, 2.45) is 0 Å². The molecule has 1 aliphatic rings. The SMILES string of the molecule is Cc1ccc(C(NCCCC[C@@H](NC(=O)OCC2c3ccccc3-c3ccccc32)C(=O)O)(c2ccccc2)c2ccccc2)cc1. The Kier molecular flexibility index (Phi) is 9.79. The van der Waals surface area contributed by atoms with Gasteiger partial charge < -0.3 is 15.2 Å². The lowest BCUT2D eigenvalue weighted by Crippen LogP contribution is -2.45. The van der Waals surface area contributed by atoms with Crippen LogP contribution in [0.15, 0.2) is 133 Å². The van der Waals surface area contributed by atoms with E-state index in [4.69, 9.17) is 4.74 Å². The fourth-order valence-electron chi connectivity index (χ4n) is 6.78. The number of ether oxygens (including phenoxy) is 1. The predicted molar refractivity (Wildman–Crippen MR) is 185 cm³/mol. The molecule has 0 saturated carbocycles. The molecule has 0 fully saturated rings. The summed E-state index contributed by atoms with van der Waals surface area (Å²) >= 11 is 0. The number of benzene rings is 5. The largest absolute Gasteiger partial charge is 0.480 e. The van der Waals surface area contributed by atoms with Gasteiger partial charge in [-0.3, -0.25) is 5.32 Å². The van der Waals surface area contributed by atoms with Crippen molar-refractivity contribution in [2.75, 3.05) is 13.2 Å². The Labute approximate surface area is 276 Å². The average Bonchev–Trinajstić information content (AvgIpc) is 3.43. The number of alkyl carbamates (subject to hydrolysis) is 1. The Bertz CT molecular complexity index is 1720. The van der Waals surface area contributed by atoms with E-state index < -0.39 is 23.6 Å². The lowest BCUT2D eigenvalue weighted by molar-refractivity contribution is -0.139. The minimum absolute atomic E-state index is 0.0921. The van der Waals surface area contributed by atoms with E-state index in [9.17, 15) is 14.7 Å². The highest BCUT2D eigenvalue weighted by molar-refractivity contribution is 5.81. The third-order valence-electron chi connectivity index (χ3n) is 9.14. The second-order valence-electron chi connectivity index (χ2n) is 12.1. The Morgan fingerprint density at radius 3 is 1.77 bits per heavy atom. The zero-order chi connectivity index (χ0) is 32.6. The van der Waals surface area contributed by atoms with Crippen LogP contribution in [0.4, 0.5) is 4.79 Å². The van der Waals surface area contributed by atoms with Gasteiger partial charge in [0.05, 0.1) is 5.54 Å². The lowest BCUT2D eigenvalue weighted by atomic mass is 9.76. The lowest BCUT2D eigenvalue weighted by Gasteiger charge is -2.37. The first kappa shape index (κ1) is 31.8. The Morgan fingerprint density at radius 2 is 1.21 bits per heavy atom. The zero-order valence-electron chi connectivity index (χ0n) is 26.6. The molecule has 5 aromatic carbocycles. The van der Waals surface area contributed by atoms with Gasteiger partial charge in [-0.15, -0.1) is 0 Å². The maximum absolute atomic E-state index is 12.8. The fraction of sp³-hybridized carbons (Fsp3) is 0.220. The molecule has 6 heteroatoms. The van der Waals surface area contributed by atoms with Crippen LogP contribution >= 0.6 is 0 Å². The average molecular weight is 625 g/mol. The fourth-order valence-corrected chi connectivity index (χ4v) is 6.78. The van der Waals surface area contributed by atoms with Gasteiger partial charge in [-0.25, -0.2) is 9.59 Å². The third kappa shape index (κ3) is 6.83. The summed E-state index contributed by atoms with van der Waals surface area (Å²) in [5.41, 5.74) is 8.45. The van der Waals surface area contributed by atoms with Crippen molar-refractivity contribution in [3.05, 3.63) is 167 Å². The van der Waals surface area contributed by atoms with Gasteiger partial charge in [-0.1, -0.05) is 139 Å². The van der Waals surface area contributed by atoms with Crippen LogP contribution in [-0.2, 0) is 15.1 Å². The van der Waals surface area contributed by atoms with Crippen molar-refractivity contribution in [3.8, 4) is 11.1 Å². The molecule has 1 aliphatic carbocycles. The van der Waals surface area contributed by atoms with Crippen LogP contribution in [0.1, 0.15) is 58.6 Å². The number of hydrogen-bond donors (Lipinski definition) is 3.